The summed E-state index contributed by atoms with van der Waals surface area (Å²) in [5.74, 6) is 1.95. The first kappa shape index (κ1) is 20.3. The number of thioether (sulfide) groups is 1. The molecule has 2 aromatic carbocycles. The van der Waals surface area contributed by atoms with Crippen LogP contribution in [0.3, 0.4) is 0 Å². The van der Waals surface area contributed by atoms with E-state index in [9.17, 15) is 9.59 Å². The molecule has 1 aromatic heterocycles. The first-order valence-corrected chi connectivity index (χ1v) is 10.7. The Morgan fingerprint density at radius 2 is 1.97 bits per heavy atom. The summed E-state index contributed by atoms with van der Waals surface area (Å²) in [7, 11) is 3.16. The lowest BCUT2D eigenvalue weighted by Crippen LogP contribution is -2.28. The van der Waals surface area contributed by atoms with Crippen LogP contribution >= 0.6 is 11.8 Å². The Hall–Kier alpha value is -3.00. The number of rotatable bonds is 5. The lowest BCUT2D eigenvalue weighted by atomic mass is 10.1. The summed E-state index contributed by atoms with van der Waals surface area (Å²) < 4.78 is 12.3. The van der Waals surface area contributed by atoms with Crippen LogP contribution in [0.1, 0.15) is 35.3 Å². The van der Waals surface area contributed by atoms with E-state index in [0.29, 0.717) is 34.5 Å². The van der Waals surface area contributed by atoms with Crippen LogP contribution in [0.2, 0.25) is 0 Å². The molecule has 0 saturated carbocycles. The van der Waals surface area contributed by atoms with Crippen LogP contribution in [-0.2, 0) is 6.54 Å². The Morgan fingerprint density at radius 1 is 1.17 bits per heavy atom. The number of hydrogen-bond acceptors (Lipinski definition) is 6. The van der Waals surface area contributed by atoms with E-state index in [0.717, 1.165) is 22.9 Å². The molecule has 1 atom stereocenters. The second-order valence-corrected chi connectivity index (χ2v) is 8.16. The van der Waals surface area contributed by atoms with Gasteiger partial charge in [0.2, 0.25) is 0 Å². The first-order valence-electron chi connectivity index (χ1n) is 9.72. The lowest BCUT2D eigenvalue weighted by molar-refractivity contribution is 0.0940. The maximum absolute atomic E-state index is 12.8. The standard InChI is InChI=1S/C22H23N3O4S/c1-13(14-6-8-18(28-2)19(12-14)29-3)23-20(26)15-5-7-16-17(11-15)24-22-25(21(16)27)9-4-10-30-22/h5-8,11-13H,4,9-10H2,1-3H3,(H,23,26)/t13-/m0/s1. The van der Waals surface area contributed by atoms with Crippen molar-refractivity contribution >= 4 is 28.6 Å². The largest absolute Gasteiger partial charge is 0.493 e. The normalized spacial score (nSPS) is 14.1. The second kappa shape index (κ2) is 8.39. The predicted octanol–water partition coefficient (Wildman–Crippen LogP) is 3.40. The van der Waals surface area contributed by atoms with Gasteiger partial charge in [-0.25, -0.2) is 4.98 Å². The van der Waals surface area contributed by atoms with Gasteiger partial charge >= 0.3 is 0 Å². The molecule has 156 valence electrons. The molecule has 0 unspecified atom stereocenters. The van der Waals surface area contributed by atoms with Crippen molar-refractivity contribution in [1.82, 2.24) is 14.9 Å². The first-order chi connectivity index (χ1) is 14.5. The predicted molar refractivity (Wildman–Crippen MR) is 117 cm³/mol. The Bertz CT molecular complexity index is 1170. The molecule has 2 heterocycles. The van der Waals surface area contributed by atoms with Gasteiger partial charge in [0.25, 0.3) is 11.5 Å². The summed E-state index contributed by atoms with van der Waals surface area (Å²) in [6.07, 6.45) is 0.958. The summed E-state index contributed by atoms with van der Waals surface area (Å²) in [5.41, 5.74) is 1.86. The zero-order chi connectivity index (χ0) is 21.3. The number of carbonyl (C=O) groups excluding carboxylic acids is 1. The average molecular weight is 426 g/mol. The van der Waals surface area contributed by atoms with Gasteiger partial charge < -0.3 is 14.8 Å². The van der Waals surface area contributed by atoms with Gasteiger partial charge in [0.05, 0.1) is 31.2 Å². The fraction of sp³-hybridized carbons (Fsp3) is 0.318. The van der Waals surface area contributed by atoms with Gasteiger partial charge in [-0.2, -0.15) is 0 Å². The van der Waals surface area contributed by atoms with Crippen LogP contribution in [0.4, 0.5) is 0 Å². The third-order valence-corrected chi connectivity index (χ3v) is 6.26. The molecule has 3 aromatic rings. The summed E-state index contributed by atoms with van der Waals surface area (Å²) in [5, 5.41) is 4.24. The number of carbonyl (C=O) groups is 1. The van der Waals surface area contributed by atoms with Gasteiger partial charge in [-0.15, -0.1) is 0 Å². The average Bonchev–Trinajstić information content (AvgIpc) is 2.78. The van der Waals surface area contributed by atoms with Crippen LogP contribution < -0.4 is 20.3 Å². The van der Waals surface area contributed by atoms with Crippen molar-refractivity contribution in [3.05, 3.63) is 57.9 Å². The number of fused-ring (bicyclic) bond motifs is 2. The van der Waals surface area contributed by atoms with E-state index < -0.39 is 0 Å². The molecule has 0 fully saturated rings. The molecule has 7 nitrogen and oxygen atoms in total. The zero-order valence-electron chi connectivity index (χ0n) is 17.1. The molecular weight excluding hydrogens is 402 g/mol. The van der Waals surface area contributed by atoms with Crippen molar-refractivity contribution in [2.75, 3.05) is 20.0 Å². The molecule has 0 saturated heterocycles. The van der Waals surface area contributed by atoms with Crippen LogP contribution in [0.25, 0.3) is 10.9 Å². The highest BCUT2D eigenvalue weighted by atomic mass is 32.2. The van der Waals surface area contributed by atoms with Crippen molar-refractivity contribution in [3.63, 3.8) is 0 Å². The molecule has 0 radical (unpaired) electrons. The van der Waals surface area contributed by atoms with Crippen molar-refractivity contribution in [2.24, 2.45) is 0 Å². The van der Waals surface area contributed by atoms with E-state index in [-0.39, 0.29) is 17.5 Å². The number of methoxy groups -OCH3 is 2. The van der Waals surface area contributed by atoms with E-state index in [4.69, 9.17) is 9.47 Å². The van der Waals surface area contributed by atoms with Gasteiger partial charge in [-0.3, -0.25) is 14.2 Å². The van der Waals surface area contributed by atoms with Crippen LogP contribution in [0, 0.1) is 0 Å². The van der Waals surface area contributed by atoms with Gasteiger partial charge in [0, 0.05) is 17.9 Å². The zero-order valence-corrected chi connectivity index (χ0v) is 17.9. The Morgan fingerprint density at radius 3 is 2.73 bits per heavy atom. The number of hydrogen-bond donors (Lipinski definition) is 1. The monoisotopic (exact) mass is 425 g/mol. The molecule has 4 rings (SSSR count). The van der Waals surface area contributed by atoms with Crippen LogP contribution in [0.15, 0.2) is 46.3 Å². The smallest absolute Gasteiger partial charge is 0.262 e. The van der Waals surface area contributed by atoms with Crippen molar-refractivity contribution in [3.8, 4) is 11.5 Å². The number of nitrogens with one attached hydrogen (secondary N) is 1. The lowest BCUT2D eigenvalue weighted by Gasteiger charge is -2.18. The molecule has 0 bridgehead atoms. The van der Waals surface area contributed by atoms with E-state index in [1.807, 2.05) is 25.1 Å². The molecule has 0 spiro atoms. The van der Waals surface area contributed by atoms with E-state index in [2.05, 4.69) is 10.3 Å². The number of ether oxygens (including phenoxy) is 2. The SMILES string of the molecule is COc1ccc([C@H](C)NC(=O)c2ccc3c(=O)n4c(nc3c2)SCCC4)cc1OC. The molecule has 1 aliphatic heterocycles. The van der Waals surface area contributed by atoms with Crippen molar-refractivity contribution in [1.29, 1.82) is 0 Å². The fourth-order valence-electron chi connectivity index (χ4n) is 3.52. The highest BCUT2D eigenvalue weighted by Gasteiger charge is 2.18. The fourth-order valence-corrected chi connectivity index (χ4v) is 4.47. The molecule has 30 heavy (non-hydrogen) atoms. The van der Waals surface area contributed by atoms with Gasteiger partial charge in [-0.05, 0) is 49.2 Å². The minimum Gasteiger partial charge on any atom is -0.493 e. The maximum Gasteiger partial charge on any atom is 0.262 e. The Labute approximate surface area is 178 Å². The van der Waals surface area contributed by atoms with Gasteiger partial charge in [0.1, 0.15) is 0 Å². The third kappa shape index (κ3) is 3.75. The number of amides is 1. The highest BCUT2D eigenvalue weighted by Crippen LogP contribution is 2.30. The minimum absolute atomic E-state index is 0.0483. The summed E-state index contributed by atoms with van der Waals surface area (Å²) in [6, 6.07) is 10.3. The van der Waals surface area contributed by atoms with Crippen LogP contribution in [0.5, 0.6) is 11.5 Å². The van der Waals surface area contributed by atoms with E-state index in [1.54, 1.807) is 48.7 Å². The quantitative estimate of drug-likeness (QED) is 0.631. The van der Waals surface area contributed by atoms with E-state index in [1.165, 1.54) is 0 Å². The second-order valence-electron chi connectivity index (χ2n) is 7.09. The molecule has 0 aliphatic carbocycles. The van der Waals surface area contributed by atoms with Crippen LogP contribution in [-0.4, -0.2) is 35.4 Å². The number of aromatic nitrogens is 2. The molecule has 1 N–H and O–H groups in total. The number of benzene rings is 2. The summed E-state index contributed by atoms with van der Waals surface area (Å²) >= 11 is 1.58. The van der Waals surface area contributed by atoms with Gasteiger partial charge in [-0.1, -0.05) is 17.8 Å². The molecular formula is C22H23N3O4S. The van der Waals surface area contributed by atoms with Gasteiger partial charge in [0.15, 0.2) is 16.7 Å². The third-order valence-electron chi connectivity index (χ3n) is 5.19. The summed E-state index contributed by atoms with van der Waals surface area (Å²) in [6.45, 7) is 2.59. The Balaban J connectivity index is 1.59. The van der Waals surface area contributed by atoms with E-state index >= 15 is 0 Å². The number of nitrogens with zero attached hydrogens (tertiary/aromatic N) is 2. The maximum atomic E-state index is 12.8. The molecule has 1 amide bonds. The molecule has 8 heteroatoms. The van der Waals surface area contributed by atoms with Crippen molar-refractivity contribution < 1.29 is 14.3 Å². The summed E-state index contributed by atoms with van der Waals surface area (Å²) in [4.78, 5) is 30.2. The Kier molecular flexibility index (Phi) is 5.67. The van der Waals surface area contributed by atoms with Crippen molar-refractivity contribution in [2.45, 2.75) is 31.1 Å². The molecule has 1 aliphatic rings. The minimum atomic E-state index is -0.245. The highest BCUT2D eigenvalue weighted by molar-refractivity contribution is 7.99. The topological polar surface area (TPSA) is 82.5 Å².